The fourth-order valence-electron chi connectivity index (χ4n) is 2.94. The Morgan fingerprint density at radius 3 is 2.88 bits per heavy atom. The first-order chi connectivity index (χ1) is 11.9. The van der Waals surface area contributed by atoms with Gasteiger partial charge in [-0.25, -0.2) is 9.59 Å². The fraction of sp³-hybridized carbons (Fsp3) is 0.706. The second-order valence-corrected chi connectivity index (χ2v) is 6.52. The highest BCUT2D eigenvalue weighted by Gasteiger charge is 2.61. The predicted octanol–water partition coefficient (Wildman–Crippen LogP) is 0.167. The topological polar surface area (TPSA) is 108 Å². The van der Waals surface area contributed by atoms with Crippen molar-refractivity contribution in [3.8, 4) is 0 Å². The fourth-order valence-corrected chi connectivity index (χ4v) is 2.94. The van der Waals surface area contributed by atoms with Crippen molar-refractivity contribution in [2.24, 2.45) is 5.92 Å². The van der Waals surface area contributed by atoms with Crippen molar-refractivity contribution in [2.45, 2.75) is 44.2 Å². The number of allylic oxidation sites excluding steroid dienone is 1. The second kappa shape index (κ2) is 8.33. The summed E-state index contributed by atoms with van der Waals surface area (Å²) in [6.45, 7) is 1.94. The Bertz CT molecular complexity index is 550. The molecular weight excluding hydrogens is 326 g/mol. The summed E-state index contributed by atoms with van der Waals surface area (Å²) >= 11 is 0. The molecule has 8 heteroatoms. The number of rotatable bonds is 3. The Morgan fingerprint density at radius 2 is 2.20 bits per heavy atom. The summed E-state index contributed by atoms with van der Waals surface area (Å²) in [6.07, 6.45) is 7.01. The molecule has 0 bridgehead atoms. The molecule has 3 amide bonds. The van der Waals surface area contributed by atoms with Gasteiger partial charge in [-0.05, 0) is 32.6 Å². The van der Waals surface area contributed by atoms with E-state index in [9.17, 15) is 19.5 Å². The molecule has 1 saturated carbocycles. The zero-order valence-corrected chi connectivity index (χ0v) is 14.8. The standard InChI is InChI=1S/C17H27N3O5/c1-3-25-15(23)17-10-12(17)8-6-4-5-7-9-20(2)16(24)18-13(11-21)14(22)19-17/h6,8,12-13,21H,3-5,7,9-11H2,1-2H3,(H,18,24)(H,19,22)/t12-,13+,17-/m1/s1. The minimum atomic E-state index is -1.12. The molecule has 8 nitrogen and oxygen atoms in total. The Kier molecular flexibility index (Phi) is 6.41. The Balaban J connectivity index is 2.19. The molecule has 0 radical (unpaired) electrons. The van der Waals surface area contributed by atoms with Crippen LogP contribution in [0.25, 0.3) is 0 Å². The number of esters is 1. The van der Waals surface area contributed by atoms with Crippen LogP contribution in [-0.2, 0) is 14.3 Å². The molecule has 0 spiro atoms. The quantitative estimate of drug-likeness (QED) is 0.495. The maximum Gasteiger partial charge on any atom is 0.332 e. The number of nitrogens with one attached hydrogen (secondary N) is 2. The van der Waals surface area contributed by atoms with Gasteiger partial charge in [-0.15, -0.1) is 0 Å². The highest BCUT2D eigenvalue weighted by Crippen LogP contribution is 2.45. The van der Waals surface area contributed by atoms with Crippen LogP contribution in [0, 0.1) is 5.92 Å². The molecule has 140 valence electrons. The number of hydrogen-bond acceptors (Lipinski definition) is 5. The zero-order valence-electron chi connectivity index (χ0n) is 14.8. The average Bonchev–Trinajstić information content (AvgIpc) is 3.28. The molecule has 0 saturated heterocycles. The smallest absolute Gasteiger partial charge is 0.332 e. The van der Waals surface area contributed by atoms with Gasteiger partial charge in [0.2, 0.25) is 5.91 Å². The highest BCUT2D eigenvalue weighted by atomic mass is 16.5. The van der Waals surface area contributed by atoms with E-state index in [1.165, 1.54) is 4.90 Å². The minimum Gasteiger partial charge on any atom is -0.464 e. The van der Waals surface area contributed by atoms with E-state index in [2.05, 4.69) is 10.6 Å². The monoisotopic (exact) mass is 353 g/mol. The van der Waals surface area contributed by atoms with Crippen molar-refractivity contribution < 1.29 is 24.2 Å². The third-order valence-electron chi connectivity index (χ3n) is 4.63. The van der Waals surface area contributed by atoms with Gasteiger partial charge in [-0.1, -0.05) is 12.2 Å². The van der Waals surface area contributed by atoms with Gasteiger partial charge in [-0.3, -0.25) is 4.79 Å². The third kappa shape index (κ3) is 4.50. The summed E-state index contributed by atoms with van der Waals surface area (Å²) in [6, 6.07) is -1.55. The molecule has 1 aliphatic heterocycles. The number of hydrogen-bond donors (Lipinski definition) is 3. The second-order valence-electron chi connectivity index (χ2n) is 6.52. The molecule has 2 rings (SSSR count). The van der Waals surface area contributed by atoms with Crippen LogP contribution in [0.1, 0.15) is 32.6 Å². The van der Waals surface area contributed by atoms with Gasteiger partial charge < -0.3 is 25.4 Å². The van der Waals surface area contributed by atoms with Crippen LogP contribution in [0.3, 0.4) is 0 Å². The summed E-state index contributed by atoms with van der Waals surface area (Å²) in [4.78, 5) is 38.4. The molecular formula is C17H27N3O5. The van der Waals surface area contributed by atoms with Crippen LogP contribution in [0.5, 0.6) is 0 Å². The van der Waals surface area contributed by atoms with Crippen LogP contribution < -0.4 is 10.6 Å². The molecule has 0 aromatic carbocycles. The van der Waals surface area contributed by atoms with E-state index in [0.29, 0.717) is 13.0 Å². The molecule has 25 heavy (non-hydrogen) atoms. The molecule has 3 N–H and O–H groups in total. The third-order valence-corrected chi connectivity index (χ3v) is 4.63. The lowest BCUT2D eigenvalue weighted by Crippen LogP contribution is -2.56. The van der Waals surface area contributed by atoms with Crippen molar-refractivity contribution in [1.82, 2.24) is 15.5 Å². The lowest BCUT2D eigenvalue weighted by atomic mass is 10.1. The van der Waals surface area contributed by atoms with Crippen molar-refractivity contribution >= 4 is 17.9 Å². The Hall–Kier alpha value is -2.09. The normalized spacial score (nSPS) is 30.6. The summed E-state index contributed by atoms with van der Waals surface area (Å²) < 4.78 is 5.10. The van der Waals surface area contributed by atoms with Gasteiger partial charge in [0.1, 0.15) is 11.6 Å². The first-order valence-electron chi connectivity index (χ1n) is 8.73. The Labute approximate surface area is 147 Å². The van der Waals surface area contributed by atoms with Crippen LogP contribution in [-0.4, -0.2) is 66.3 Å². The Morgan fingerprint density at radius 1 is 1.44 bits per heavy atom. The van der Waals surface area contributed by atoms with Gasteiger partial charge in [0.15, 0.2) is 0 Å². The lowest BCUT2D eigenvalue weighted by Gasteiger charge is -2.24. The number of carbonyl (C=O) groups excluding carboxylic acids is 3. The molecule has 0 aromatic rings. The van der Waals surface area contributed by atoms with Crippen LogP contribution in [0.4, 0.5) is 4.79 Å². The number of aliphatic hydroxyl groups is 1. The van der Waals surface area contributed by atoms with Crippen molar-refractivity contribution in [1.29, 1.82) is 0 Å². The molecule has 1 fully saturated rings. The van der Waals surface area contributed by atoms with Crippen molar-refractivity contribution in [3.05, 3.63) is 12.2 Å². The summed E-state index contributed by atoms with van der Waals surface area (Å²) in [5.41, 5.74) is -1.10. The number of carbonyl (C=O) groups is 3. The highest BCUT2D eigenvalue weighted by molar-refractivity contribution is 5.95. The summed E-state index contributed by atoms with van der Waals surface area (Å²) in [7, 11) is 1.64. The number of ether oxygens (including phenoxy) is 1. The van der Waals surface area contributed by atoms with E-state index < -0.39 is 36.1 Å². The van der Waals surface area contributed by atoms with Crippen molar-refractivity contribution in [3.63, 3.8) is 0 Å². The average molecular weight is 353 g/mol. The van der Waals surface area contributed by atoms with Gasteiger partial charge >= 0.3 is 12.0 Å². The zero-order chi connectivity index (χ0) is 18.4. The number of aliphatic hydroxyl groups excluding tert-OH is 1. The number of nitrogens with zero attached hydrogens (tertiary/aromatic N) is 1. The van der Waals surface area contributed by atoms with Crippen LogP contribution >= 0.6 is 0 Å². The van der Waals surface area contributed by atoms with E-state index >= 15 is 0 Å². The number of urea groups is 1. The maximum atomic E-state index is 12.5. The van der Waals surface area contributed by atoms with Gasteiger partial charge in [0, 0.05) is 19.5 Å². The van der Waals surface area contributed by atoms with Gasteiger partial charge in [0.05, 0.1) is 13.2 Å². The molecule has 1 heterocycles. The maximum absolute atomic E-state index is 12.5. The van der Waals surface area contributed by atoms with Crippen LogP contribution in [0.15, 0.2) is 12.2 Å². The van der Waals surface area contributed by atoms with E-state index in [-0.39, 0.29) is 12.5 Å². The van der Waals surface area contributed by atoms with Gasteiger partial charge in [-0.2, -0.15) is 0 Å². The molecule has 3 atom stereocenters. The first kappa shape index (κ1) is 19.2. The molecule has 0 unspecified atom stereocenters. The van der Waals surface area contributed by atoms with Gasteiger partial charge in [0.25, 0.3) is 0 Å². The summed E-state index contributed by atoms with van der Waals surface area (Å²) in [5, 5.41) is 14.7. The van der Waals surface area contributed by atoms with Crippen molar-refractivity contribution in [2.75, 3.05) is 26.8 Å². The van der Waals surface area contributed by atoms with E-state index in [1.54, 1.807) is 14.0 Å². The summed E-state index contributed by atoms with van der Waals surface area (Å²) in [5.74, 6) is -1.20. The van der Waals surface area contributed by atoms with E-state index in [1.807, 2.05) is 12.2 Å². The molecule has 0 aromatic heterocycles. The first-order valence-corrected chi connectivity index (χ1v) is 8.73. The van der Waals surface area contributed by atoms with E-state index in [0.717, 1.165) is 19.3 Å². The lowest BCUT2D eigenvalue weighted by molar-refractivity contribution is -0.149. The van der Waals surface area contributed by atoms with Crippen LogP contribution in [0.2, 0.25) is 0 Å². The minimum absolute atomic E-state index is 0.129. The molecule has 2 aliphatic rings. The largest absolute Gasteiger partial charge is 0.464 e. The van der Waals surface area contributed by atoms with E-state index in [4.69, 9.17) is 4.74 Å². The SMILES string of the molecule is CCOC(=O)[C@@]12C[C@H]1C=CCCCCN(C)C(=O)N[C@@H](CO)C(=O)N2. The number of fused-ring (bicyclic) bond motifs is 1. The predicted molar refractivity (Wildman–Crippen MR) is 90.6 cm³/mol. The number of amides is 3. The molecule has 1 aliphatic carbocycles.